The van der Waals surface area contributed by atoms with Crippen molar-refractivity contribution >= 4 is 23.2 Å². The number of carbonyl (C=O) groups is 2. The van der Waals surface area contributed by atoms with E-state index in [-0.39, 0.29) is 18.2 Å². The third kappa shape index (κ3) is 3.82. The lowest BCUT2D eigenvalue weighted by Gasteiger charge is -2.17. The zero-order valence-corrected chi connectivity index (χ0v) is 16.2. The van der Waals surface area contributed by atoms with Crippen molar-refractivity contribution in [2.45, 2.75) is 13.3 Å². The Morgan fingerprint density at radius 1 is 1.17 bits per heavy atom. The van der Waals surface area contributed by atoms with Crippen molar-refractivity contribution in [3.63, 3.8) is 0 Å². The maximum Gasteiger partial charge on any atom is 0.229 e. The molecule has 0 bridgehead atoms. The van der Waals surface area contributed by atoms with Crippen LogP contribution >= 0.6 is 0 Å². The lowest BCUT2D eigenvalue weighted by molar-refractivity contribution is -0.122. The first kappa shape index (κ1) is 18.7. The van der Waals surface area contributed by atoms with Gasteiger partial charge in [0.15, 0.2) is 0 Å². The number of amides is 2. The van der Waals surface area contributed by atoms with Gasteiger partial charge in [0, 0.05) is 31.0 Å². The van der Waals surface area contributed by atoms with Crippen molar-refractivity contribution in [2.24, 2.45) is 5.92 Å². The smallest absolute Gasteiger partial charge is 0.229 e. The van der Waals surface area contributed by atoms with Crippen LogP contribution < -0.4 is 15.0 Å². The number of aryl methyl sites for hydroxylation is 1. The first-order chi connectivity index (χ1) is 14.0. The Morgan fingerprint density at radius 2 is 1.97 bits per heavy atom. The van der Waals surface area contributed by atoms with Crippen LogP contribution in [0.5, 0.6) is 5.75 Å². The Morgan fingerprint density at radius 3 is 2.59 bits per heavy atom. The van der Waals surface area contributed by atoms with Gasteiger partial charge in [-0.15, -0.1) is 0 Å². The van der Waals surface area contributed by atoms with Crippen LogP contribution in [0.4, 0.5) is 11.4 Å². The second kappa shape index (κ2) is 7.75. The molecule has 1 unspecified atom stereocenters. The number of ether oxygens (including phenoxy) is 1. The van der Waals surface area contributed by atoms with Crippen molar-refractivity contribution in [2.75, 3.05) is 23.9 Å². The molecule has 2 aromatic heterocycles. The van der Waals surface area contributed by atoms with E-state index in [0.29, 0.717) is 12.2 Å². The number of methoxy groups -OCH3 is 1. The number of hydrogen-bond donors (Lipinski definition) is 1. The number of hydrogen-bond acceptors (Lipinski definition) is 5. The predicted molar refractivity (Wildman–Crippen MR) is 108 cm³/mol. The summed E-state index contributed by atoms with van der Waals surface area (Å²) in [4.78, 5) is 35.2. The van der Waals surface area contributed by atoms with Crippen molar-refractivity contribution < 1.29 is 14.3 Å². The van der Waals surface area contributed by atoms with Crippen molar-refractivity contribution in [3.05, 3.63) is 60.8 Å². The summed E-state index contributed by atoms with van der Waals surface area (Å²) in [7, 11) is 1.59. The highest BCUT2D eigenvalue weighted by atomic mass is 16.5. The molecule has 1 aliphatic heterocycles. The average Bonchev–Trinajstić information content (AvgIpc) is 3.34. The summed E-state index contributed by atoms with van der Waals surface area (Å²) >= 11 is 0. The molecule has 1 N–H and O–H groups in total. The fraction of sp³-hybridized carbons (Fsp3) is 0.238. The molecule has 0 radical (unpaired) electrons. The van der Waals surface area contributed by atoms with Gasteiger partial charge in [0.05, 0.1) is 24.9 Å². The molecule has 1 fully saturated rings. The Labute approximate surface area is 168 Å². The van der Waals surface area contributed by atoms with E-state index in [9.17, 15) is 9.59 Å². The molecule has 8 heteroatoms. The van der Waals surface area contributed by atoms with Crippen LogP contribution in [0.25, 0.3) is 5.82 Å². The van der Waals surface area contributed by atoms with Crippen LogP contribution in [0.3, 0.4) is 0 Å². The molecule has 8 nitrogen and oxygen atoms in total. The molecule has 1 saturated heterocycles. The largest absolute Gasteiger partial charge is 0.497 e. The first-order valence-electron chi connectivity index (χ1n) is 9.27. The highest BCUT2D eigenvalue weighted by Gasteiger charge is 2.35. The van der Waals surface area contributed by atoms with E-state index < -0.39 is 5.92 Å². The molecular formula is C21H21N5O3. The van der Waals surface area contributed by atoms with Crippen LogP contribution in [0.2, 0.25) is 0 Å². The second-order valence-electron chi connectivity index (χ2n) is 6.84. The molecule has 1 atom stereocenters. The normalized spacial score (nSPS) is 16.1. The molecule has 1 aromatic carbocycles. The molecule has 3 heterocycles. The molecule has 0 aliphatic carbocycles. The van der Waals surface area contributed by atoms with Gasteiger partial charge in [-0.25, -0.2) is 9.97 Å². The van der Waals surface area contributed by atoms with Crippen LogP contribution in [0.15, 0.2) is 55.0 Å². The minimum Gasteiger partial charge on any atom is -0.497 e. The number of carbonyl (C=O) groups excluding carboxylic acids is 2. The van der Waals surface area contributed by atoms with Gasteiger partial charge in [-0.2, -0.15) is 0 Å². The van der Waals surface area contributed by atoms with E-state index in [2.05, 4.69) is 15.3 Å². The number of anilines is 2. The summed E-state index contributed by atoms with van der Waals surface area (Å²) in [5.41, 5.74) is 1.35. The summed E-state index contributed by atoms with van der Waals surface area (Å²) < 4.78 is 7.00. The van der Waals surface area contributed by atoms with Gasteiger partial charge in [-0.05, 0) is 43.3 Å². The molecule has 4 rings (SSSR count). The number of nitrogens with zero attached hydrogens (tertiary/aromatic N) is 4. The molecule has 0 spiro atoms. The topological polar surface area (TPSA) is 89.3 Å². The molecule has 0 saturated carbocycles. The Hall–Kier alpha value is -3.68. The standard InChI is InChI=1S/C21H21N5O3/c1-14-22-9-10-25(14)19-8-3-16(12-23-19)24-21(28)15-11-20(27)26(13-15)17-4-6-18(29-2)7-5-17/h3-10,12,15H,11,13H2,1-2H3,(H,24,28). The lowest BCUT2D eigenvalue weighted by atomic mass is 10.1. The average molecular weight is 391 g/mol. The fourth-order valence-corrected chi connectivity index (χ4v) is 3.36. The number of nitrogens with one attached hydrogen (secondary N) is 1. The van der Waals surface area contributed by atoms with Crippen molar-refractivity contribution in [1.29, 1.82) is 0 Å². The molecule has 148 valence electrons. The summed E-state index contributed by atoms with van der Waals surface area (Å²) in [6, 6.07) is 10.8. The zero-order chi connectivity index (χ0) is 20.4. The number of rotatable bonds is 5. The van der Waals surface area contributed by atoms with Gasteiger partial charge in [0.2, 0.25) is 11.8 Å². The fourth-order valence-electron chi connectivity index (χ4n) is 3.36. The highest BCUT2D eigenvalue weighted by Crippen LogP contribution is 2.27. The van der Waals surface area contributed by atoms with Crippen LogP contribution in [0, 0.1) is 12.8 Å². The highest BCUT2D eigenvalue weighted by molar-refractivity contribution is 6.03. The third-order valence-corrected chi connectivity index (χ3v) is 4.97. The number of aromatic nitrogens is 3. The Balaban J connectivity index is 1.41. The third-order valence-electron chi connectivity index (χ3n) is 4.97. The van der Waals surface area contributed by atoms with Gasteiger partial charge in [-0.1, -0.05) is 0 Å². The van der Waals surface area contributed by atoms with Gasteiger partial charge in [-0.3, -0.25) is 14.2 Å². The Kier molecular flexibility index (Phi) is 4.99. The number of pyridine rings is 1. The van der Waals surface area contributed by atoms with Crippen molar-refractivity contribution in [3.8, 4) is 11.6 Å². The summed E-state index contributed by atoms with van der Waals surface area (Å²) in [5, 5.41) is 2.86. The van der Waals surface area contributed by atoms with Crippen LogP contribution in [-0.4, -0.2) is 40.0 Å². The summed E-state index contributed by atoms with van der Waals surface area (Å²) in [5.74, 6) is 1.59. The molecule has 2 amide bonds. The monoisotopic (exact) mass is 391 g/mol. The van der Waals surface area contributed by atoms with Crippen LogP contribution in [0.1, 0.15) is 12.2 Å². The molecular weight excluding hydrogens is 370 g/mol. The number of benzene rings is 1. The summed E-state index contributed by atoms with van der Waals surface area (Å²) in [6.07, 6.45) is 5.31. The maximum atomic E-state index is 12.7. The first-order valence-corrected chi connectivity index (χ1v) is 9.27. The molecule has 3 aromatic rings. The van der Waals surface area contributed by atoms with E-state index >= 15 is 0 Å². The van der Waals surface area contributed by atoms with Gasteiger partial charge in [0.25, 0.3) is 0 Å². The van der Waals surface area contributed by atoms with Gasteiger partial charge >= 0.3 is 0 Å². The van der Waals surface area contributed by atoms with E-state index in [0.717, 1.165) is 23.1 Å². The second-order valence-corrected chi connectivity index (χ2v) is 6.84. The minimum absolute atomic E-state index is 0.0700. The zero-order valence-electron chi connectivity index (χ0n) is 16.2. The van der Waals surface area contributed by atoms with Crippen molar-refractivity contribution in [1.82, 2.24) is 14.5 Å². The quantitative estimate of drug-likeness (QED) is 0.722. The minimum atomic E-state index is -0.417. The maximum absolute atomic E-state index is 12.7. The Bertz CT molecular complexity index is 1030. The lowest BCUT2D eigenvalue weighted by Crippen LogP contribution is -2.28. The van der Waals surface area contributed by atoms with Crippen LogP contribution in [-0.2, 0) is 9.59 Å². The SMILES string of the molecule is COc1ccc(N2CC(C(=O)Nc3ccc(-n4ccnc4C)nc3)CC2=O)cc1. The number of imidazole rings is 1. The van der Waals surface area contributed by atoms with E-state index in [4.69, 9.17) is 4.74 Å². The molecule has 29 heavy (non-hydrogen) atoms. The summed E-state index contributed by atoms with van der Waals surface area (Å²) in [6.45, 7) is 2.24. The predicted octanol–water partition coefficient (Wildman–Crippen LogP) is 2.58. The molecule has 1 aliphatic rings. The van der Waals surface area contributed by atoms with E-state index in [1.54, 1.807) is 42.6 Å². The van der Waals surface area contributed by atoms with Gasteiger partial charge in [0.1, 0.15) is 17.4 Å². The van der Waals surface area contributed by atoms with Gasteiger partial charge < -0.3 is 15.0 Å². The van der Waals surface area contributed by atoms with E-state index in [1.807, 2.05) is 35.9 Å². The van der Waals surface area contributed by atoms with E-state index in [1.165, 1.54) is 0 Å².